The van der Waals surface area contributed by atoms with Gasteiger partial charge in [-0.25, -0.2) is 4.98 Å². The number of rotatable bonds is 7. The first-order chi connectivity index (χ1) is 12.2. The Morgan fingerprint density at radius 3 is 2.60 bits per heavy atom. The Morgan fingerprint density at radius 1 is 1.12 bits per heavy atom. The van der Waals surface area contributed by atoms with Crippen molar-refractivity contribution in [1.29, 1.82) is 0 Å². The topological polar surface area (TPSA) is 62.2 Å². The van der Waals surface area contributed by atoms with Crippen LogP contribution in [-0.2, 0) is 17.8 Å². The molecule has 0 unspecified atom stereocenters. The van der Waals surface area contributed by atoms with E-state index in [4.69, 9.17) is 10.1 Å². The van der Waals surface area contributed by atoms with Crippen molar-refractivity contribution in [3.8, 4) is 11.3 Å². The molecular formula is C21H22N2O2. The zero-order chi connectivity index (χ0) is 17.6. The van der Waals surface area contributed by atoms with E-state index in [9.17, 15) is 4.79 Å². The van der Waals surface area contributed by atoms with Crippen LogP contribution in [0.5, 0.6) is 0 Å². The molecule has 0 radical (unpaired) electrons. The Balaban J connectivity index is 1.96. The summed E-state index contributed by atoms with van der Waals surface area (Å²) in [7, 11) is 0. The number of nitrogens with one attached hydrogen (secondary N) is 1. The van der Waals surface area contributed by atoms with Gasteiger partial charge in [0.05, 0.1) is 17.8 Å². The number of fused-ring (bicyclic) bond motifs is 1. The highest BCUT2D eigenvalue weighted by atomic mass is 16.3. The van der Waals surface area contributed by atoms with Crippen LogP contribution in [0, 0.1) is 0 Å². The number of carbonyl (C=O) groups excluding carboxylic acids is 1. The summed E-state index contributed by atoms with van der Waals surface area (Å²) in [5, 5.41) is 13.3. The molecule has 0 amide bonds. The summed E-state index contributed by atoms with van der Waals surface area (Å²) in [6.07, 6.45) is 0.460. The first kappa shape index (κ1) is 17.3. The highest BCUT2D eigenvalue weighted by molar-refractivity contribution is 5.85. The van der Waals surface area contributed by atoms with Gasteiger partial charge in [0, 0.05) is 30.5 Å². The first-order valence-corrected chi connectivity index (χ1v) is 8.46. The zero-order valence-electron chi connectivity index (χ0n) is 14.3. The lowest BCUT2D eigenvalue weighted by Crippen LogP contribution is -2.17. The standard InChI is InChI=1S/C21H22N2O2/c1-15(25)12-16-6-8-17(9-7-16)21-13-18(14-22-10-11-24)19-4-2-3-5-20(19)23-21/h2-9,13,22,24H,10-12,14H2,1H3. The molecule has 1 aromatic heterocycles. The summed E-state index contributed by atoms with van der Waals surface area (Å²) >= 11 is 0. The Kier molecular flexibility index (Phi) is 5.53. The van der Waals surface area contributed by atoms with Crippen LogP contribution >= 0.6 is 0 Å². The maximum atomic E-state index is 11.2. The SMILES string of the molecule is CC(=O)Cc1ccc(-c2cc(CNCCO)c3ccccc3n2)cc1. The maximum Gasteiger partial charge on any atom is 0.134 e. The van der Waals surface area contributed by atoms with Crippen LogP contribution in [0.1, 0.15) is 18.1 Å². The molecule has 0 bridgehead atoms. The molecular weight excluding hydrogens is 312 g/mol. The fourth-order valence-electron chi connectivity index (χ4n) is 2.92. The third-order valence-electron chi connectivity index (χ3n) is 4.11. The van der Waals surface area contributed by atoms with E-state index in [-0.39, 0.29) is 12.4 Å². The number of para-hydroxylation sites is 1. The van der Waals surface area contributed by atoms with E-state index in [1.165, 1.54) is 0 Å². The molecule has 0 atom stereocenters. The number of pyridine rings is 1. The lowest BCUT2D eigenvalue weighted by Gasteiger charge is -2.11. The number of aliphatic hydroxyl groups excluding tert-OH is 1. The summed E-state index contributed by atoms with van der Waals surface area (Å²) in [5.41, 5.74) is 5.06. The minimum absolute atomic E-state index is 0.119. The minimum atomic E-state index is 0.119. The van der Waals surface area contributed by atoms with Crippen molar-refractivity contribution in [3.05, 3.63) is 65.7 Å². The second-order valence-electron chi connectivity index (χ2n) is 6.16. The van der Waals surface area contributed by atoms with Crippen molar-refractivity contribution in [1.82, 2.24) is 10.3 Å². The molecule has 0 aliphatic heterocycles. The largest absolute Gasteiger partial charge is 0.395 e. The van der Waals surface area contributed by atoms with Gasteiger partial charge in [-0.1, -0.05) is 42.5 Å². The van der Waals surface area contributed by atoms with E-state index < -0.39 is 0 Å². The van der Waals surface area contributed by atoms with E-state index in [1.807, 2.05) is 42.5 Å². The Labute approximate surface area is 147 Å². The number of ketones is 1. The van der Waals surface area contributed by atoms with Crippen molar-refractivity contribution < 1.29 is 9.90 Å². The molecule has 0 spiro atoms. The van der Waals surface area contributed by atoms with Gasteiger partial charge in [-0.05, 0) is 30.2 Å². The fourth-order valence-corrected chi connectivity index (χ4v) is 2.92. The third-order valence-corrected chi connectivity index (χ3v) is 4.11. The number of aromatic nitrogens is 1. The van der Waals surface area contributed by atoms with Crippen LogP contribution in [0.3, 0.4) is 0 Å². The molecule has 25 heavy (non-hydrogen) atoms. The Bertz CT molecular complexity index is 873. The fraction of sp³-hybridized carbons (Fsp3) is 0.238. The van der Waals surface area contributed by atoms with Crippen LogP contribution in [-0.4, -0.2) is 29.0 Å². The van der Waals surface area contributed by atoms with Crippen LogP contribution < -0.4 is 5.32 Å². The molecule has 0 fully saturated rings. The molecule has 128 valence electrons. The van der Waals surface area contributed by atoms with Crippen LogP contribution in [0.25, 0.3) is 22.2 Å². The number of hydrogen-bond acceptors (Lipinski definition) is 4. The molecule has 2 aromatic carbocycles. The summed E-state index contributed by atoms with van der Waals surface area (Å²) in [6.45, 7) is 2.96. The molecule has 2 N–H and O–H groups in total. The molecule has 3 aromatic rings. The minimum Gasteiger partial charge on any atom is -0.395 e. The van der Waals surface area contributed by atoms with E-state index in [0.717, 1.165) is 33.3 Å². The van der Waals surface area contributed by atoms with E-state index in [1.54, 1.807) is 6.92 Å². The van der Waals surface area contributed by atoms with Gasteiger partial charge in [0.25, 0.3) is 0 Å². The lowest BCUT2D eigenvalue weighted by molar-refractivity contribution is -0.116. The van der Waals surface area contributed by atoms with Crippen LogP contribution in [0.4, 0.5) is 0 Å². The highest BCUT2D eigenvalue weighted by Crippen LogP contribution is 2.25. The predicted octanol–water partition coefficient (Wildman–Crippen LogP) is 3.12. The predicted molar refractivity (Wildman–Crippen MR) is 100 cm³/mol. The van der Waals surface area contributed by atoms with Crippen molar-refractivity contribution in [2.45, 2.75) is 19.9 Å². The number of Topliss-reactive ketones (excluding diaryl/α,β-unsaturated/α-hetero) is 1. The van der Waals surface area contributed by atoms with Crippen LogP contribution in [0.2, 0.25) is 0 Å². The smallest absolute Gasteiger partial charge is 0.134 e. The van der Waals surface area contributed by atoms with E-state index in [0.29, 0.717) is 19.5 Å². The number of carbonyl (C=O) groups is 1. The number of benzene rings is 2. The van der Waals surface area contributed by atoms with Gasteiger partial charge >= 0.3 is 0 Å². The van der Waals surface area contributed by atoms with Gasteiger partial charge in [-0.3, -0.25) is 4.79 Å². The van der Waals surface area contributed by atoms with Crippen molar-refractivity contribution in [2.24, 2.45) is 0 Å². The molecule has 3 rings (SSSR count). The molecule has 0 saturated heterocycles. The van der Waals surface area contributed by atoms with Crippen LogP contribution in [0.15, 0.2) is 54.6 Å². The third kappa shape index (κ3) is 4.29. The second kappa shape index (κ2) is 8.01. The molecule has 4 nitrogen and oxygen atoms in total. The Hall–Kier alpha value is -2.56. The maximum absolute atomic E-state index is 11.2. The quantitative estimate of drug-likeness (QED) is 0.652. The van der Waals surface area contributed by atoms with Gasteiger partial charge in [0.1, 0.15) is 5.78 Å². The molecule has 0 aliphatic rings. The second-order valence-corrected chi connectivity index (χ2v) is 6.16. The average molecular weight is 334 g/mol. The summed E-state index contributed by atoms with van der Waals surface area (Å²) in [6, 6.07) is 18.2. The monoisotopic (exact) mass is 334 g/mol. The van der Waals surface area contributed by atoms with Gasteiger partial charge in [0.15, 0.2) is 0 Å². The van der Waals surface area contributed by atoms with Gasteiger partial charge in [-0.15, -0.1) is 0 Å². The summed E-state index contributed by atoms with van der Waals surface area (Å²) in [5.74, 6) is 0.161. The van der Waals surface area contributed by atoms with Crippen molar-refractivity contribution >= 4 is 16.7 Å². The van der Waals surface area contributed by atoms with Crippen molar-refractivity contribution in [2.75, 3.05) is 13.2 Å². The van der Waals surface area contributed by atoms with E-state index >= 15 is 0 Å². The highest BCUT2D eigenvalue weighted by Gasteiger charge is 2.08. The number of aliphatic hydroxyl groups is 1. The number of hydrogen-bond donors (Lipinski definition) is 2. The van der Waals surface area contributed by atoms with Crippen molar-refractivity contribution in [3.63, 3.8) is 0 Å². The van der Waals surface area contributed by atoms with Gasteiger partial charge in [-0.2, -0.15) is 0 Å². The molecule has 0 saturated carbocycles. The summed E-state index contributed by atoms with van der Waals surface area (Å²) in [4.78, 5) is 16.0. The first-order valence-electron chi connectivity index (χ1n) is 8.46. The summed E-state index contributed by atoms with van der Waals surface area (Å²) < 4.78 is 0. The normalized spacial score (nSPS) is 11.0. The molecule has 4 heteroatoms. The van der Waals surface area contributed by atoms with E-state index in [2.05, 4.69) is 17.4 Å². The lowest BCUT2D eigenvalue weighted by atomic mass is 10.0. The zero-order valence-corrected chi connectivity index (χ0v) is 14.3. The Morgan fingerprint density at radius 2 is 1.88 bits per heavy atom. The average Bonchev–Trinajstić information content (AvgIpc) is 2.62. The van der Waals surface area contributed by atoms with Gasteiger partial charge in [0.2, 0.25) is 0 Å². The molecule has 0 aliphatic carbocycles. The number of nitrogens with zero attached hydrogens (tertiary/aromatic N) is 1. The van der Waals surface area contributed by atoms with Gasteiger partial charge < -0.3 is 10.4 Å². The molecule has 1 heterocycles.